The quantitative estimate of drug-likeness (QED) is 0.873. The van der Waals surface area contributed by atoms with Crippen LogP contribution in [-0.2, 0) is 16.1 Å². The molecule has 21 heavy (non-hydrogen) atoms. The van der Waals surface area contributed by atoms with Gasteiger partial charge in [0.25, 0.3) is 0 Å². The lowest BCUT2D eigenvalue weighted by Crippen LogP contribution is -2.38. The van der Waals surface area contributed by atoms with Crippen LogP contribution in [0.3, 0.4) is 0 Å². The summed E-state index contributed by atoms with van der Waals surface area (Å²) in [5.74, 6) is 0.664. The summed E-state index contributed by atoms with van der Waals surface area (Å²) in [7, 11) is 0. The first-order chi connectivity index (χ1) is 10.1. The minimum absolute atomic E-state index is 0.120. The molecule has 116 valence electrons. The Morgan fingerprint density at radius 2 is 1.90 bits per heavy atom. The molecule has 0 radical (unpaired) electrons. The number of benzene rings is 1. The van der Waals surface area contributed by atoms with Crippen LogP contribution in [0.1, 0.15) is 37.3 Å². The van der Waals surface area contributed by atoms with Gasteiger partial charge in [-0.3, -0.25) is 9.69 Å². The average molecular weight is 290 g/mol. The summed E-state index contributed by atoms with van der Waals surface area (Å²) < 4.78 is 5.30. The predicted octanol–water partition coefficient (Wildman–Crippen LogP) is 2.15. The van der Waals surface area contributed by atoms with E-state index < -0.39 is 0 Å². The lowest BCUT2D eigenvalue weighted by molar-refractivity contribution is -0.121. The number of morpholine rings is 1. The molecule has 4 nitrogen and oxygen atoms in total. The van der Waals surface area contributed by atoms with Crippen molar-refractivity contribution in [3.8, 4) is 0 Å². The van der Waals surface area contributed by atoms with Gasteiger partial charge in [-0.05, 0) is 17.0 Å². The molecule has 4 heteroatoms. The number of nitrogens with zero attached hydrogens (tertiary/aromatic N) is 1. The third-order valence-electron chi connectivity index (χ3n) is 3.89. The molecule has 1 saturated heterocycles. The summed E-state index contributed by atoms with van der Waals surface area (Å²) >= 11 is 0. The first kappa shape index (κ1) is 16.0. The van der Waals surface area contributed by atoms with Gasteiger partial charge in [-0.15, -0.1) is 0 Å². The van der Waals surface area contributed by atoms with Gasteiger partial charge >= 0.3 is 0 Å². The zero-order chi connectivity index (χ0) is 15.1. The fourth-order valence-corrected chi connectivity index (χ4v) is 2.39. The van der Waals surface area contributed by atoms with E-state index in [2.05, 4.69) is 48.3 Å². The van der Waals surface area contributed by atoms with Gasteiger partial charge in [0.15, 0.2) is 0 Å². The van der Waals surface area contributed by atoms with Gasteiger partial charge in [-0.2, -0.15) is 0 Å². The molecule has 0 bridgehead atoms. The van der Waals surface area contributed by atoms with E-state index in [4.69, 9.17) is 4.74 Å². The minimum Gasteiger partial charge on any atom is -0.379 e. The molecule has 1 aromatic carbocycles. The van der Waals surface area contributed by atoms with Crippen LogP contribution in [0.4, 0.5) is 0 Å². The molecule has 1 heterocycles. The highest BCUT2D eigenvalue weighted by atomic mass is 16.5. The van der Waals surface area contributed by atoms with Crippen LogP contribution in [0.5, 0.6) is 0 Å². The van der Waals surface area contributed by atoms with Crippen molar-refractivity contribution < 1.29 is 9.53 Å². The van der Waals surface area contributed by atoms with Crippen molar-refractivity contribution in [1.82, 2.24) is 10.2 Å². The second-order valence-electron chi connectivity index (χ2n) is 5.88. The first-order valence-corrected chi connectivity index (χ1v) is 7.81. The number of amides is 1. The summed E-state index contributed by atoms with van der Waals surface area (Å²) in [6.07, 6.45) is 0.560. The Labute approximate surface area is 127 Å². The number of carbonyl (C=O) groups excluding carboxylic acids is 1. The highest BCUT2D eigenvalue weighted by Gasteiger charge is 2.11. The third kappa shape index (κ3) is 5.48. The van der Waals surface area contributed by atoms with Crippen LogP contribution in [0, 0.1) is 0 Å². The maximum atomic E-state index is 11.9. The van der Waals surface area contributed by atoms with Crippen molar-refractivity contribution in [3.63, 3.8) is 0 Å². The minimum atomic E-state index is 0.120. The molecule has 1 aliphatic rings. The Morgan fingerprint density at radius 3 is 2.52 bits per heavy atom. The zero-order valence-corrected chi connectivity index (χ0v) is 13.1. The molecule has 0 aliphatic carbocycles. The van der Waals surface area contributed by atoms with E-state index in [0.29, 0.717) is 18.9 Å². The van der Waals surface area contributed by atoms with E-state index in [1.165, 1.54) is 5.56 Å². The van der Waals surface area contributed by atoms with Crippen molar-refractivity contribution in [1.29, 1.82) is 0 Å². The largest absolute Gasteiger partial charge is 0.379 e. The van der Waals surface area contributed by atoms with Gasteiger partial charge in [-0.1, -0.05) is 38.1 Å². The van der Waals surface area contributed by atoms with Crippen LogP contribution in [-0.4, -0.2) is 43.7 Å². The second-order valence-corrected chi connectivity index (χ2v) is 5.88. The summed E-state index contributed by atoms with van der Waals surface area (Å²) in [5, 5.41) is 2.99. The normalized spacial score (nSPS) is 16.1. The van der Waals surface area contributed by atoms with E-state index in [9.17, 15) is 4.79 Å². The molecular formula is C17H26N2O2. The van der Waals surface area contributed by atoms with E-state index >= 15 is 0 Å². The van der Waals surface area contributed by atoms with Crippen molar-refractivity contribution in [2.45, 2.75) is 32.7 Å². The Morgan fingerprint density at radius 1 is 1.24 bits per heavy atom. The number of rotatable bonds is 6. The molecule has 0 saturated carbocycles. The lowest BCUT2D eigenvalue weighted by atomic mass is 10.0. The molecule has 0 aromatic heterocycles. The standard InChI is InChI=1S/C17H26N2O2/c1-14(2)16-5-3-15(4-6-16)13-18-17(20)7-8-19-9-11-21-12-10-19/h3-6,14H,7-13H2,1-2H3,(H,18,20). The molecule has 2 rings (SSSR count). The van der Waals surface area contributed by atoms with Gasteiger partial charge in [0.05, 0.1) is 13.2 Å². The first-order valence-electron chi connectivity index (χ1n) is 7.81. The smallest absolute Gasteiger partial charge is 0.221 e. The van der Waals surface area contributed by atoms with Crippen molar-refractivity contribution in [2.24, 2.45) is 0 Å². The van der Waals surface area contributed by atoms with Gasteiger partial charge in [0, 0.05) is 32.6 Å². The molecule has 1 aliphatic heterocycles. The predicted molar refractivity (Wildman–Crippen MR) is 84.3 cm³/mol. The third-order valence-corrected chi connectivity index (χ3v) is 3.89. The summed E-state index contributed by atoms with van der Waals surface area (Å²) in [6, 6.07) is 8.47. The van der Waals surface area contributed by atoms with Gasteiger partial charge in [0.2, 0.25) is 5.91 Å². The van der Waals surface area contributed by atoms with Crippen LogP contribution >= 0.6 is 0 Å². The van der Waals surface area contributed by atoms with Crippen molar-refractivity contribution in [2.75, 3.05) is 32.8 Å². The number of hydrogen-bond donors (Lipinski definition) is 1. The monoisotopic (exact) mass is 290 g/mol. The molecule has 1 amide bonds. The van der Waals surface area contributed by atoms with E-state index in [0.717, 1.165) is 38.4 Å². The Kier molecular flexibility index (Phi) is 6.21. The summed E-state index contributed by atoms with van der Waals surface area (Å²) in [5.41, 5.74) is 2.48. The molecular weight excluding hydrogens is 264 g/mol. The summed E-state index contributed by atoms with van der Waals surface area (Å²) in [6.45, 7) is 9.23. The van der Waals surface area contributed by atoms with Gasteiger partial charge < -0.3 is 10.1 Å². The number of nitrogens with one attached hydrogen (secondary N) is 1. The van der Waals surface area contributed by atoms with Crippen molar-refractivity contribution >= 4 is 5.91 Å². The number of carbonyl (C=O) groups is 1. The SMILES string of the molecule is CC(C)c1ccc(CNC(=O)CCN2CCOCC2)cc1. The van der Waals surface area contributed by atoms with Crippen molar-refractivity contribution in [3.05, 3.63) is 35.4 Å². The lowest BCUT2D eigenvalue weighted by Gasteiger charge is -2.26. The molecule has 0 atom stereocenters. The topological polar surface area (TPSA) is 41.6 Å². The highest BCUT2D eigenvalue weighted by molar-refractivity contribution is 5.76. The van der Waals surface area contributed by atoms with Crippen LogP contribution in [0.25, 0.3) is 0 Å². The van der Waals surface area contributed by atoms with Crippen LogP contribution in [0.15, 0.2) is 24.3 Å². The molecule has 1 N–H and O–H groups in total. The fourth-order valence-electron chi connectivity index (χ4n) is 2.39. The van der Waals surface area contributed by atoms with Crippen LogP contribution in [0.2, 0.25) is 0 Å². The number of ether oxygens (including phenoxy) is 1. The van der Waals surface area contributed by atoms with E-state index in [1.807, 2.05) is 0 Å². The van der Waals surface area contributed by atoms with Gasteiger partial charge in [0.1, 0.15) is 0 Å². The molecule has 0 unspecified atom stereocenters. The Hall–Kier alpha value is -1.39. The second kappa shape index (κ2) is 8.15. The summed E-state index contributed by atoms with van der Waals surface area (Å²) in [4.78, 5) is 14.1. The average Bonchev–Trinajstić information content (AvgIpc) is 2.52. The Balaban J connectivity index is 1.68. The fraction of sp³-hybridized carbons (Fsp3) is 0.588. The highest BCUT2D eigenvalue weighted by Crippen LogP contribution is 2.14. The van der Waals surface area contributed by atoms with E-state index in [-0.39, 0.29) is 5.91 Å². The Bertz CT molecular complexity index is 437. The molecule has 0 spiro atoms. The van der Waals surface area contributed by atoms with E-state index in [1.54, 1.807) is 0 Å². The van der Waals surface area contributed by atoms with Gasteiger partial charge in [-0.25, -0.2) is 0 Å². The molecule has 1 aromatic rings. The maximum Gasteiger partial charge on any atom is 0.221 e. The van der Waals surface area contributed by atoms with Crippen LogP contribution < -0.4 is 5.32 Å². The number of hydrogen-bond acceptors (Lipinski definition) is 3. The molecule has 1 fully saturated rings. The zero-order valence-electron chi connectivity index (χ0n) is 13.1. The maximum absolute atomic E-state index is 11.9.